The first-order valence-corrected chi connectivity index (χ1v) is 13.9. The second kappa shape index (κ2) is 9.38. The number of nitrogens with zero attached hydrogens (tertiary/aromatic N) is 2. The van der Waals surface area contributed by atoms with Gasteiger partial charge in [-0.2, -0.15) is 12.3 Å². The van der Waals surface area contributed by atoms with Crippen LogP contribution < -0.4 is 0 Å². The van der Waals surface area contributed by atoms with Crippen molar-refractivity contribution in [2.75, 3.05) is 12.3 Å². The Bertz CT molecular complexity index is 193. The van der Waals surface area contributed by atoms with Gasteiger partial charge in [-0.1, -0.05) is 54.6 Å². The van der Waals surface area contributed by atoms with E-state index in [2.05, 4.69) is 54.6 Å². The van der Waals surface area contributed by atoms with Crippen LogP contribution in [0.5, 0.6) is 0 Å². The average molecular weight is 347 g/mol. The fraction of sp³-hybridized carbons (Fsp3) is 1.00. The summed E-state index contributed by atoms with van der Waals surface area (Å²) in [6.45, 7) is 17.7. The van der Waals surface area contributed by atoms with Gasteiger partial charge < -0.3 is 10.6 Å². The molecule has 0 bridgehead atoms. The Morgan fingerprint density at radius 1 is 0.833 bits per heavy atom. The zero-order valence-electron chi connectivity index (χ0n) is 13.1. The number of halogens is 2. The van der Waals surface area contributed by atoms with E-state index in [4.69, 9.17) is 29.2 Å². The molecule has 0 spiro atoms. The Morgan fingerprint density at radius 2 is 1.06 bits per heavy atom. The fourth-order valence-corrected chi connectivity index (χ4v) is 2.86. The van der Waals surface area contributed by atoms with E-state index in [1.54, 1.807) is 0 Å². The van der Waals surface area contributed by atoms with Gasteiger partial charge in [-0.05, 0) is 0 Å². The Balaban J connectivity index is 0. The molecule has 0 aliphatic rings. The molecule has 0 radical (unpaired) electrons. The molecule has 6 heteroatoms. The molecule has 0 aliphatic heterocycles. The van der Waals surface area contributed by atoms with E-state index in [9.17, 15) is 0 Å². The third-order valence-electron chi connectivity index (χ3n) is 1.96. The summed E-state index contributed by atoms with van der Waals surface area (Å²) in [5.74, 6) is 0. The van der Waals surface area contributed by atoms with Crippen LogP contribution in [-0.2, 0) is 17.0 Å². The quantitative estimate of drug-likeness (QED) is 0.601. The normalized spacial score (nSPS) is 12.8. The summed E-state index contributed by atoms with van der Waals surface area (Å²) in [6.07, 6.45) is 2.05. The van der Waals surface area contributed by atoms with Crippen LogP contribution in [0.1, 0.15) is 41.5 Å². The van der Waals surface area contributed by atoms with Crippen molar-refractivity contribution in [2.45, 2.75) is 65.7 Å². The van der Waals surface area contributed by atoms with Crippen molar-refractivity contribution >= 4 is 26.7 Å². The van der Waals surface area contributed by atoms with E-state index in [0.29, 0.717) is 0 Å². The summed E-state index contributed by atoms with van der Waals surface area (Å²) >= 11 is -0.556. The van der Waals surface area contributed by atoms with Gasteiger partial charge in [0, 0.05) is 8.07 Å². The Kier molecular flexibility index (Phi) is 11.3. The van der Waals surface area contributed by atoms with Gasteiger partial charge in [-0.15, -0.1) is 11.1 Å². The van der Waals surface area contributed by atoms with E-state index < -0.39 is 25.1 Å². The van der Waals surface area contributed by atoms with Crippen LogP contribution in [0.25, 0.3) is 10.6 Å². The van der Waals surface area contributed by atoms with Gasteiger partial charge in [0.25, 0.3) is 0 Å². The van der Waals surface area contributed by atoms with Gasteiger partial charge in [0.1, 0.15) is 0 Å². The van der Waals surface area contributed by atoms with Crippen molar-refractivity contribution in [3.05, 3.63) is 10.6 Å². The van der Waals surface area contributed by atoms with Crippen molar-refractivity contribution in [1.82, 2.24) is 0 Å². The van der Waals surface area contributed by atoms with Crippen LogP contribution in [0.15, 0.2) is 0 Å². The second-order valence-corrected chi connectivity index (χ2v) is 14.7. The van der Waals surface area contributed by atoms with Crippen molar-refractivity contribution < 1.29 is 17.0 Å². The zero-order valence-corrected chi connectivity index (χ0v) is 17.1. The van der Waals surface area contributed by atoms with Crippen LogP contribution in [-0.4, -0.2) is 31.5 Å². The number of hydrogen-bond donors (Lipinski definition) is 0. The molecule has 0 aliphatic carbocycles. The topological polar surface area (TPSA) is 28.2 Å². The summed E-state index contributed by atoms with van der Waals surface area (Å²) in [5.41, 5.74) is 0.206. The second-order valence-electron chi connectivity index (χ2n) is 7.21. The minimum absolute atomic E-state index is 0.103. The molecule has 0 aromatic rings. The van der Waals surface area contributed by atoms with Crippen LogP contribution in [0.2, 0.25) is 13.1 Å². The molecule has 2 nitrogen and oxygen atoms in total. The Labute approximate surface area is 132 Å². The van der Waals surface area contributed by atoms with E-state index in [1.165, 1.54) is 0 Å². The molecule has 0 N–H and O–H groups in total. The monoisotopic (exact) mass is 346 g/mol. The van der Waals surface area contributed by atoms with E-state index in [0.717, 1.165) is 12.3 Å². The molecule has 0 amide bonds. The number of rotatable bonds is 4. The summed E-state index contributed by atoms with van der Waals surface area (Å²) < 4.78 is 0. The fourth-order valence-electron chi connectivity index (χ4n) is 0.952. The average Bonchev–Trinajstić information content (AvgIpc) is 2.12. The summed E-state index contributed by atoms with van der Waals surface area (Å²) in [6, 6.07) is 0. The molecule has 0 aromatic heterocycles. The zero-order chi connectivity index (χ0) is 15.0. The number of hydrogen-bond acceptors (Lipinski definition) is 0. The molecule has 110 valence electrons. The van der Waals surface area contributed by atoms with Crippen LogP contribution in [0.3, 0.4) is 0 Å². The third-order valence-corrected chi connectivity index (χ3v) is 3.99. The van der Waals surface area contributed by atoms with Crippen LogP contribution in [0, 0.1) is 0 Å². The molecule has 0 saturated carbocycles. The van der Waals surface area contributed by atoms with E-state index in [1.807, 2.05) is 0 Å². The van der Waals surface area contributed by atoms with Crippen molar-refractivity contribution in [1.29, 1.82) is 0 Å². The van der Waals surface area contributed by atoms with E-state index >= 15 is 0 Å². The molecule has 0 fully saturated rings. The molecule has 0 atom stereocenters. The van der Waals surface area contributed by atoms with Gasteiger partial charge in [-0.3, -0.25) is 0 Å². The third kappa shape index (κ3) is 19.8. The van der Waals surface area contributed by atoms with Gasteiger partial charge >= 0.3 is 35.6 Å². The maximum absolute atomic E-state index is 4.89. The maximum atomic E-state index is 4.89. The summed E-state index contributed by atoms with van der Waals surface area (Å²) in [5, 5.41) is 9.46. The molecule has 0 unspecified atom stereocenters. The van der Waals surface area contributed by atoms with Crippen LogP contribution >= 0.6 is 18.6 Å². The molecule has 0 rings (SSSR count). The molecule has 0 aromatic carbocycles. The van der Waals surface area contributed by atoms with Gasteiger partial charge in [-0.25, -0.2) is 0 Å². The van der Waals surface area contributed by atoms with Gasteiger partial charge in [0.15, 0.2) is 0 Å². The van der Waals surface area contributed by atoms with Crippen molar-refractivity contribution in [3.63, 3.8) is 0 Å². The summed E-state index contributed by atoms with van der Waals surface area (Å²) in [4.78, 5) is 0. The van der Waals surface area contributed by atoms with E-state index in [-0.39, 0.29) is 11.1 Å². The Hall–Kier alpha value is 1.43. The van der Waals surface area contributed by atoms with Crippen molar-refractivity contribution in [2.24, 2.45) is 0 Å². The standard InChI is InChI=1S/C12H28N2Si.2ClH.Ti/c1-11(2,3)13-9-15(7,8)10-14-12(4,5)6;;;/h9-10H2,1-8H3;2*1H;/q-2;;;+2/p-2. The predicted octanol–water partition coefficient (Wildman–Crippen LogP) is 5.49. The molecule has 0 heterocycles. The first kappa shape index (κ1) is 21.7. The summed E-state index contributed by atoms with van der Waals surface area (Å²) in [7, 11) is 8.52. The van der Waals surface area contributed by atoms with Crippen molar-refractivity contribution in [3.8, 4) is 0 Å². The Morgan fingerprint density at radius 3 is 1.22 bits per heavy atom. The first-order chi connectivity index (χ1) is 7.83. The van der Waals surface area contributed by atoms with Gasteiger partial charge in [0.05, 0.1) is 0 Å². The molecular formula is C12H28Cl2N2SiTi-2. The molecule has 0 saturated heterocycles. The predicted molar refractivity (Wildman–Crippen MR) is 85.1 cm³/mol. The first-order valence-electron chi connectivity index (χ1n) is 6.16. The molecule has 18 heavy (non-hydrogen) atoms. The van der Waals surface area contributed by atoms with Gasteiger partial charge in [0.2, 0.25) is 0 Å². The SMILES string of the molecule is CC(C)(C)[N-]C[Si](C)(C)C[N-]C(C)(C)C.[Cl][Ti][Cl]. The minimum atomic E-state index is -1.26. The molecular weight excluding hydrogens is 319 g/mol. The van der Waals surface area contributed by atoms with Crippen LogP contribution in [0.4, 0.5) is 0 Å².